The first-order chi connectivity index (χ1) is 6.75. The van der Waals surface area contributed by atoms with Gasteiger partial charge in [-0.25, -0.2) is 0 Å². The van der Waals surface area contributed by atoms with Gasteiger partial charge in [0.25, 0.3) is 0 Å². The molecule has 14 heavy (non-hydrogen) atoms. The molecule has 0 unspecified atom stereocenters. The minimum absolute atomic E-state index is 0.221. The third kappa shape index (κ3) is 2.25. The maximum absolute atomic E-state index is 11.7. The van der Waals surface area contributed by atoms with Crippen molar-refractivity contribution in [1.82, 2.24) is 9.80 Å². The summed E-state index contributed by atoms with van der Waals surface area (Å²) < 4.78 is 0. The molecule has 0 aromatic heterocycles. The number of carbonyl (C=O) groups is 1. The van der Waals surface area contributed by atoms with Gasteiger partial charge >= 0.3 is 0 Å². The van der Waals surface area contributed by atoms with Crippen LogP contribution >= 0.6 is 0 Å². The molecule has 1 atom stereocenters. The Kier molecular flexibility index (Phi) is 3.03. The van der Waals surface area contributed by atoms with Gasteiger partial charge in [-0.15, -0.1) is 0 Å². The van der Waals surface area contributed by atoms with Gasteiger partial charge in [-0.3, -0.25) is 9.69 Å². The summed E-state index contributed by atoms with van der Waals surface area (Å²) >= 11 is 0. The van der Waals surface area contributed by atoms with Gasteiger partial charge in [-0.2, -0.15) is 0 Å². The lowest BCUT2D eigenvalue weighted by Crippen LogP contribution is -2.38. The first-order valence-electron chi connectivity index (χ1n) is 5.44. The summed E-state index contributed by atoms with van der Waals surface area (Å²) in [5.74, 6) is 0.233. The van der Waals surface area contributed by atoms with Crippen LogP contribution < -0.4 is 0 Å². The molecule has 80 valence electrons. The number of amides is 1. The summed E-state index contributed by atoms with van der Waals surface area (Å²) in [5, 5.41) is 9.31. The van der Waals surface area contributed by atoms with Gasteiger partial charge in [0.05, 0.1) is 12.6 Å². The van der Waals surface area contributed by atoms with Crippen molar-refractivity contribution in [2.45, 2.75) is 25.4 Å². The lowest BCUT2D eigenvalue weighted by atomic mass is 10.3. The fourth-order valence-electron chi connectivity index (χ4n) is 2.21. The molecule has 1 amide bonds. The van der Waals surface area contributed by atoms with E-state index >= 15 is 0 Å². The number of aliphatic hydroxyl groups is 1. The molecule has 2 fully saturated rings. The second kappa shape index (κ2) is 4.28. The largest absolute Gasteiger partial charge is 0.392 e. The average Bonchev–Trinajstić information content (AvgIpc) is 2.75. The SMILES string of the molecule is O=C(CN1CC[C@H](O)C1)N1CCCC1. The molecule has 0 aliphatic carbocycles. The number of rotatable bonds is 2. The van der Waals surface area contributed by atoms with Crippen LogP contribution in [-0.4, -0.2) is 59.6 Å². The van der Waals surface area contributed by atoms with Crippen LogP contribution in [-0.2, 0) is 4.79 Å². The van der Waals surface area contributed by atoms with E-state index in [-0.39, 0.29) is 12.0 Å². The van der Waals surface area contributed by atoms with Crippen molar-refractivity contribution in [2.75, 3.05) is 32.7 Å². The van der Waals surface area contributed by atoms with Gasteiger partial charge in [0.15, 0.2) is 0 Å². The van der Waals surface area contributed by atoms with E-state index < -0.39 is 0 Å². The molecule has 0 saturated carbocycles. The van der Waals surface area contributed by atoms with Crippen LogP contribution in [0.5, 0.6) is 0 Å². The van der Waals surface area contributed by atoms with Crippen molar-refractivity contribution in [3.05, 3.63) is 0 Å². The second-order valence-electron chi connectivity index (χ2n) is 4.27. The van der Waals surface area contributed by atoms with E-state index in [1.165, 1.54) is 0 Å². The molecular weight excluding hydrogens is 180 g/mol. The summed E-state index contributed by atoms with van der Waals surface area (Å²) in [6, 6.07) is 0. The van der Waals surface area contributed by atoms with E-state index in [2.05, 4.69) is 0 Å². The van der Waals surface area contributed by atoms with E-state index in [0.717, 1.165) is 38.9 Å². The van der Waals surface area contributed by atoms with E-state index in [1.54, 1.807) is 0 Å². The Bertz CT molecular complexity index is 214. The van der Waals surface area contributed by atoms with Crippen molar-refractivity contribution < 1.29 is 9.90 Å². The molecule has 0 aromatic rings. The molecular formula is C10H18N2O2. The predicted molar refractivity (Wildman–Crippen MR) is 52.9 cm³/mol. The third-order valence-electron chi connectivity index (χ3n) is 3.07. The minimum Gasteiger partial charge on any atom is -0.392 e. The minimum atomic E-state index is -0.221. The topological polar surface area (TPSA) is 43.8 Å². The van der Waals surface area contributed by atoms with Crippen LogP contribution in [0.2, 0.25) is 0 Å². The average molecular weight is 198 g/mol. The Morgan fingerprint density at radius 2 is 2.00 bits per heavy atom. The van der Waals surface area contributed by atoms with Crippen LogP contribution in [0.15, 0.2) is 0 Å². The highest BCUT2D eigenvalue weighted by Gasteiger charge is 2.25. The highest BCUT2D eigenvalue weighted by atomic mass is 16.3. The van der Waals surface area contributed by atoms with Crippen LogP contribution in [0.25, 0.3) is 0 Å². The standard InChI is InChI=1S/C10H18N2O2/c13-9-3-6-11(7-9)8-10(14)12-4-1-2-5-12/h9,13H,1-8H2/t9-/m0/s1. The number of hydrogen-bond donors (Lipinski definition) is 1. The Morgan fingerprint density at radius 1 is 1.29 bits per heavy atom. The maximum Gasteiger partial charge on any atom is 0.236 e. The lowest BCUT2D eigenvalue weighted by Gasteiger charge is -2.20. The first kappa shape index (κ1) is 9.93. The molecule has 0 radical (unpaired) electrons. The van der Waals surface area contributed by atoms with Gasteiger partial charge in [0, 0.05) is 26.2 Å². The molecule has 2 rings (SSSR count). The van der Waals surface area contributed by atoms with E-state index in [9.17, 15) is 9.90 Å². The third-order valence-corrected chi connectivity index (χ3v) is 3.07. The number of aliphatic hydroxyl groups excluding tert-OH is 1. The molecule has 2 aliphatic rings. The highest BCUT2D eigenvalue weighted by molar-refractivity contribution is 5.78. The van der Waals surface area contributed by atoms with Gasteiger partial charge in [0.1, 0.15) is 0 Å². The zero-order valence-corrected chi connectivity index (χ0v) is 8.48. The van der Waals surface area contributed by atoms with Crippen LogP contribution in [0.3, 0.4) is 0 Å². The fourth-order valence-corrected chi connectivity index (χ4v) is 2.21. The van der Waals surface area contributed by atoms with Crippen molar-refractivity contribution in [1.29, 1.82) is 0 Å². The van der Waals surface area contributed by atoms with E-state index in [0.29, 0.717) is 13.1 Å². The maximum atomic E-state index is 11.7. The van der Waals surface area contributed by atoms with Gasteiger partial charge in [-0.05, 0) is 19.3 Å². The summed E-state index contributed by atoms with van der Waals surface area (Å²) in [6.07, 6.45) is 2.89. The van der Waals surface area contributed by atoms with Crippen LogP contribution in [0.1, 0.15) is 19.3 Å². The number of β-amino-alcohol motifs (C(OH)–C–C–N with tert-alkyl or cyclic N) is 1. The lowest BCUT2D eigenvalue weighted by molar-refractivity contribution is -0.131. The smallest absolute Gasteiger partial charge is 0.236 e. The molecule has 4 nitrogen and oxygen atoms in total. The van der Waals surface area contributed by atoms with Gasteiger partial charge in [0.2, 0.25) is 5.91 Å². The number of likely N-dealkylation sites (tertiary alicyclic amines) is 2. The Hall–Kier alpha value is -0.610. The zero-order valence-electron chi connectivity index (χ0n) is 8.48. The molecule has 0 aromatic carbocycles. The van der Waals surface area contributed by atoms with Crippen molar-refractivity contribution in [3.63, 3.8) is 0 Å². The summed E-state index contributed by atoms with van der Waals surface area (Å²) in [7, 11) is 0. The van der Waals surface area contributed by atoms with Crippen molar-refractivity contribution in [2.24, 2.45) is 0 Å². The van der Waals surface area contributed by atoms with E-state index in [1.807, 2.05) is 9.80 Å². The fraction of sp³-hybridized carbons (Fsp3) is 0.900. The van der Waals surface area contributed by atoms with Crippen molar-refractivity contribution in [3.8, 4) is 0 Å². The quantitative estimate of drug-likeness (QED) is 0.661. The summed E-state index contributed by atoms with van der Waals surface area (Å²) in [6.45, 7) is 3.88. The monoisotopic (exact) mass is 198 g/mol. The number of nitrogens with zero attached hydrogens (tertiary/aromatic N) is 2. The zero-order chi connectivity index (χ0) is 9.97. The molecule has 1 N–H and O–H groups in total. The van der Waals surface area contributed by atoms with Crippen molar-refractivity contribution >= 4 is 5.91 Å². The molecule has 2 heterocycles. The Morgan fingerprint density at radius 3 is 2.57 bits per heavy atom. The molecule has 2 saturated heterocycles. The summed E-state index contributed by atoms with van der Waals surface area (Å²) in [4.78, 5) is 15.7. The first-order valence-corrected chi connectivity index (χ1v) is 5.44. The number of carbonyl (C=O) groups excluding carboxylic acids is 1. The molecule has 4 heteroatoms. The molecule has 0 bridgehead atoms. The van der Waals surface area contributed by atoms with Crippen LogP contribution in [0.4, 0.5) is 0 Å². The molecule has 2 aliphatic heterocycles. The Labute approximate surface area is 84.5 Å². The Balaban J connectivity index is 1.76. The molecule has 0 spiro atoms. The van der Waals surface area contributed by atoms with Gasteiger partial charge < -0.3 is 10.0 Å². The summed E-state index contributed by atoms with van der Waals surface area (Å²) in [5.41, 5.74) is 0. The number of hydrogen-bond acceptors (Lipinski definition) is 3. The van der Waals surface area contributed by atoms with Gasteiger partial charge in [-0.1, -0.05) is 0 Å². The second-order valence-corrected chi connectivity index (χ2v) is 4.27. The van der Waals surface area contributed by atoms with Crippen LogP contribution in [0, 0.1) is 0 Å². The van der Waals surface area contributed by atoms with E-state index in [4.69, 9.17) is 0 Å². The highest BCUT2D eigenvalue weighted by Crippen LogP contribution is 2.11. The normalized spacial score (nSPS) is 28.6. The predicted octanol–water partition coefficient (Wildman–Crippen LogP) is -0.325.